The number of rotatable bonds is 39. The molecule has 0 bridgehead atoms. The molecule has 10 heteroatoms. The minimum Gasteiger partial charge on any atom is -0.457 e. The second-order valence-corrected chi connectivity index (χ2v) is 15.1. The summed E-state index contributed by atoms with van der Waals surface area (Å²) in [4.78, 5) is 22.5. The molecule has 0 heterocycles. The number of phosphoric acid groups is 1. The van der Waals surface area contributed by atoms with E-state index >= 15 is 0 Å². The number of allylic oxidation sites excluding steroid dienone is 8. The first-order valence-corrected chi connectivity index (χ1v) is 22.1. The zero-order valence-electron chi connectivity index (χ0n) is 33.0. The third-order valence-electron chi connectivity index (χ3n) is 8.50. The lowest BCUT2D eigenvalue weighted by atomic mass is 10.1. The highest BCUT2D eigenvalue weighted by Crippen LogP contribution is 2.43. The predicted molar refractivity (Wildman–Crippen MR) is 214 cm³/mol. The average molecular weight is 757 g/mol. The van der Waals surface area contributed by atoms with Gasteiger partial charge >= 0.3 is 13.8 Å². The van der Waals surface area contributed by atoms with E-state index in [0.29, 0.717) is 13.0 Å². The van der Waals surface area contributed by atoms with Crippen molar-refractivity contribution in [3.05, 3.63) is 48.6 Å². The number of carbonyl (C=O) groups is 1. The van der Waals surface area contributed by atoms with Gasteiger partial charge in [0.2, 0.25) is 0 Å². The average Bonchev–Trinajstić information content (AvgIpc) is 3.13. The molecule has 52 heavy (non-hydrogen) atoms. The number of ether oxygens (including phenoxy) is 2. The van der Waals surface area contributed by atoms with Gasteiger partial charge in [-0.15, -0.1) is 0 Å². The zero-order valence-corrected chi connectivity index (χ0v) is 33.9. The molecule has 3 N–H and O–H groups in total. The molecule has 9 nitrogen and oxygen atoms in total. The molecule has 0 saturated carbocycles. The lowest BCUT2D eigenvalue weighted by molar-refractivity contribution is -0.154. The summed E-state index contributed by atoms with van der Waals surface area (Å²) in [7, 11) is -4.52. The van der Waals surface area contributed by atoms with Gasteiger partial charge in [0.25, 0.3) is 0 Å². The van der Waals surface area contributed by atoms with Crippen LogP contribution < -0.4 is 0 Å². The van der Waals surface area contributed by atoms with Crippen molar-refractivity contribution in [3.63, 3.8) is 0 Å². The monoisotopic (exact) mass is 757 g/mol. The fraction of sp³-hybridized carbons (Fsp3) is 0.786. The largest absolute Gasteiger partial charge is 0.472 e. The molecule has 0 amide bonds. The second-order valence-electron chi connectivity index (χ2n) is 13.6. The Morgan fingerprint density at radius 3 is 1.67 bits per heavy atom. The number of aliphatic hydroxyl groups excluding tert-OH is 2. The maximum atomic E-state index is 12.6. The number of esters is 1. The van der Waals surface area contributed by atoms with Crippen molar-refractivity contribution >= 4 is 13.8 Å². The Balaban J connectivity index is 4.24. The molecule has 0 spiro atoms. The van der Waals surface area contributed by atoms with Crippen LogP contribution in [0.15, 0.2) is 48.6 Å². The first-order valence-electron chi connectivity index (χ1n) is 20.6. The van der Waals surface area contributed by atoms with Gasteiger partial charge in [0, 0.05) is 13.0 Å². The molecule has 0 aromatic carbocycles. The molecular formula is C42H77O9P. The van der Waals surface area contributed by atoms with E-state index in [-0.39, 0.29) is 19.6 Å². The molecule has 0 saturated heterocycles. The highest BCUT2D eigenvalue weighted by atomic mass is 31.2. The lowest BCUT2D eigenvalue weighted by Gasteiger charge is -2.20. The van der Waals surface area contributed by atoms with Crippen molar-refractivity contribution in [1.82, 2.24) is 0 Å². The van der Waals surface area contributed by atoms with Crippen LogP contribution in [0.25, 0.3) is 0 Å². The Hall–Kier alpha value is -1.58. The third kappa shape index (κ3) is 38.2. The van der Waals surface area contributed by atoms with E-state index < -0.39 is 39.2 Å². The smallest absolute Gasteiger partial charge is 0.457 e. The topological polar surface area (TPSA) is 132 Å². The van der Waals surface area contributed by atoms with Gasteiger partial charge in [-0.05, 0) is 70.6 Å². The van der Waals surface area contributed by atoms with Gasteiger partial charge in [-0.25, -0.2) is 4.57 Å². The molecule has 3 atom stereocenters. The van der Waals surface area contributed by atoms with Crippen LogP contribution in [0.4, 0.5) is 0 Å². The molecule has 0 aliphatic carbocycles. The number of hydrogen-bond acceptors (Lipinski definition) is 8. The van der Waals surface area contributed by atoms with Gasteiger partial charge in [0.15, 0.2) is 0 Å². The molecule has 0 aliphatic heterocycles. The number of aliphatic hydroxyl groups is 2. The summed E-state index contributed by atoms with van der Waals surface area (Å²) in [6.07, 6.45) is 42.1. The van der Waals surface area contributed by atoms with Crippen molar-refractivity contribution in [1.29, 1.82) is 0 Å². The number of hydrogen-bond donors (Lipinski definition) is 3. The van der Waals surface area contributed by atoms with Crippen molar-refractivity contribution in [2.45, 2.75) is 180 Å². The highest BCUT2D eigenvalue weighted by molar-refractivity contribution is 7.47. The van der Waals surface area contributed by atoms with Crippen LogP contribution in [-0.2, 0) is 27.9 Å². The molecular weight excluding hydrogens is 679 g/mol. The van der Waals surface area contributed by atoms with Crippen LogP contribution in [0.1, 0.15) is 168 Å². The molecule has 0 fully saturated rings. The maximum Gasteiger partial charge on any atom is 0.472 e. The first-order chi connectivity index (χ1) is 25.3. The van der Waals surface area contributed by atoms with Crippen LogP contribution >= 0.6 is 7.82 Å². The molecule has 3 unspecified atom stereocenters. The van der Waals surface area contributed by atoms with Gasteiger partial charge in [-0.1, -0.05) is 140 Å². The summed E-state index contributed by atoms with van der Waals surface area (Å²) in [6, 6.07) is 0. The number of carbonyl (C=O) groups excluding carboxylic acids is 1. The van der Waals surface area contributed by atoms with Gasteiger partial charge in [0.1, 0.15) is 12.2 Å². The molecule has 0 aromatic rings. The lowest BCUT2D eigenvalue weighted by Crippen LogP contribution is -2.29. The minimum absolute atomic E-state index is 0.0361. The molecule has 304 valence electrons. The number of phosphoric ester groups is 1. The minimum atomic E-state index is -4.52. The molecule has 0 rings (SSSR count). The summed E-state index contributed by atoms with van der Waals surface area (Å²) in [5.74, 6) is -0.398. The van der Waals surface area contributed by atoms with Crippen LogP contribution in [0.3, 0.4) is 0 Å². The van der Waals surface area contributed by atoms with Crippen LogP contribution in [0, 0.1) is 0 Å². The summed E-state index contributed by atoms with van der Waals surface area (Å²) < 4.78 is 33.3. The summed E-state index contributed by atoms with van der Waals surface area (Å²) in [5.41, 5.74) is 0. The molecule has 0 aromatic heterocycles. The predicted octanol–water partition coefficient (Wildman–Crippen LogP) is 11.0. The quantitative estimate of drug-likeness (QED) is 0.0243. The first kappa shape index (κ1) is 50.4. The Kier molecular flexibility index (Phi) is 37.9. The number of unbranched alkanes of at least 4 members (excludes halogenated alkanes) is 17. The normalized spacial score (nSPS) is 14.6. The van der Waals surface area contributed by atoms with E-state index in [1.54, 1.807) is 0 Å². The fourth-order valence-electron chi connectivity index (χ4n) is 5.36. The van der Waals surface area contributed by atoms with Gasteiger partial charge < -0.3 is 24.6 Å². The third-order valence-corrected chi connectivity index (χ3v) is 9.45. The maximum absolute atomic E-state index is 12.6. The van der Waals surface area contributed by atoms with Gasteiger partial charge in [-0.3, -0.25) is 13.8 Å². The Bertz CT molecular complexity index is 950. The highest BCUT2D eigenvalue weighted by Gasteiger charge is 2.26. The van der Waals surface area contributed by atoms with E-state index in [0.717, 1.165) is 77.0 Å². The standard InChI is InChI=1S/C42H77O9P/c1-3-5-7-9-11-13-15-17-19-21-23-25-27-29-31-33-35-48-38-41(39-50-52(46,47)49-37-40(44)36-43)51-42(45)34-32-30-28-26-24-22-20-18-16-14-12-10-8-6-4-2/h5,7,11,13,17-20,40-41,43-44H,3-4,6,8-10,12,14-16,21-39H2,1-2H3,(H,46,47)/b7-5-,13-11-,19-17-,20-18-. The Morgan fingerprint density at radius 2 is 1.10 bits per heavy atom. The fourth-order valence-corrected chi connectivity index (χ4v) is 6.15. The summed E-state index contributed by atoms with van der Waals surface area (Å²) >= 11 is 0. The van der Waals surface area contributed by atoms with Crippen LogP contribution in [-0.4, -0.2) is 66.3 Å². The summed E-state index contributed by atoms with van der Waals surface area (Å²) in [6.45, 7) is 3.35. The van der Waals surface area contributed by atoms with E-state index in [1.807, 2.05) is 0 Å². The van der Waals surface area contributed by atoms with Gasteiger partial charge in [-0.2, -0.15) is 0 Å². The van der Waals surface area contributed by atoms with Crippen LogP contribution in [0.2, 0.25) is 0 Å². The van der Waals surface area contributed by atoms with Crippen molar-refractivity contribution in [2.24, 2.45) is 0 Å². The van der Waals surface area contributed by atoms with Crippen LogP contribution in [0.5, 0.6) is 0 Å². The molecule has 0 radical (unpaired) electrons. The zero-order chi connectivity index (χ0) is 38.2. The van der Waals surface area contributed by atoms with Crippen molar-refractivity contribution in [2.75, 3.05) is 33.0 Å². The van der Waals surface area contributed by atoms with E-state index in [1.165, 1.54) is 64.2 Å². The van der Waals surface area contributed by atoms with Gasteiger partial charge in [0.05, 0.1) is 26.4 Å². The molecule has 0 aliphatic rings. The Morgan fingerprint density at radius 1 is 0.615 bits per heavy atom. The SMILES string of the molecule is CC/C=C\C/C=C\C/C=C\CCCCCCCCOCC(COP(=O)(O)OCC(O)CO)OC(=O)CCCCCCC/C=C\CCCCCCCC. The second kappa shape index (κ2) is 39.1. The van der Waals surface area contributed by atoms with E-state index in [9.17, 15) is 19.4 Å². The van der Waals surface area contributed by atoms with E-state index in [2.05, 4.69) is 62.5 Å². The Labute approximate surface area is 317 Å². The van der Waals surface area contributed by atoms with Crippen molar-refractivity contribution < 1.29 is 43.0 Å². The van der Waals surface area contributed by atoms with Crippen molar-refractivity contribution in [3.8, 4) is 0 Å². The summed E-state index contributed by atoms with van der Waals surface area (Å²) in [5, 5.41) is 18.3. The van der Waals surface area contributed by atoms with E-state index in [4.69, 9.17) is 23.6 Å².